The van der Waals surface area contributed by atoms with Gasteiger partial charge in [0.25, 0.3) is 0 Å². The van der Waals surface area contributed by atoms with Crippen molar-refractivity contribution >= 4 is 131 Å². The Labute approximate surface area is 452 Å². The Morgan fingerprint density at radius 3 is 0.694 bits per heavy atom. The van der Waals surface area contributed by atoms with Crippen molar-refractivity contribution in [3.63, 3.8) is 0 Å². The third kappa shape index (κ3) is 13.7. The molecule has 9 aromatic carbocycles. The van der Waals surface area contributed by atoms with E-state index in [0.717, 1.165) is 15.1 Å². The van der Waals surface area contributed by atoms with Gasteiger partial charge < -0.3 is 0 Å². The molecule has 362 valence electrons. The summed E-state index contributed by atoms with van der Waals surface area (Å²) in [7, 11) is 0. The van der Waals surface area contributed by atoms with Crippen LogP contribution in [0, 0.1) is 11.8 Å². The Morgan fingerprint density at radius 1 is 0.347 bits per heavy atom. The van der Waals surface area contributed by atoms with E-state index in [0.29, 0.717) is 10.5 Å². The summed E-state index contributed by atoms with van der Waals surface area (Å²) in [5, 5.41) is 22.9. The van der Waals surface area contributed by atoms with E-state index in [1.807, 2.05) is 86.6 Å². The molecule has 0 heterocycles. The number of carbonyl (C=O) groups is 2. The Morgan fingerprint density at radius 2 is 0.528 bits per heavy atom. The summed E-state index contributed by atoms with van der Waals surface area (Å²) in [5.74, 6) is -2.23. The van der Waals surface area contributed by atoms with E-state index in [-0.39, 0.29) is 11.8 Å². The number of aliphatic carboxylic acids is 2. The molecular weight excluding hydrogens is 1270 g/mol. The van der Waals surface area contributed by atoms with Crippen molar-refractivity contribution in [1.82, 2.24) is 0 Å². The standard InChI is InChI=1S/2C22H22GeO2.3C6H4Cl.Bi/c2*1-18(22(24)25)17-23(19-11-5-2-6-12-19,20-13-7-3-8-14-20)21-15-9-4-10-16-21;3*7-6-4-2-1-3-5-6;/h2*2-16,18H,17H2,1H3,(H,24,25);3*2-5H;. The number of carboxylic acids is 2. The predicted octanol–water partition coefficient (Wildman–Crippen LogP) is 9.92. The predicted molar refractivity (Wildman–Crippen MR) is 310 cm³/mol. The minimum absolute atomic E-state index is 0.388. The Hall–Kier alpha value is -5.24. The molecule has 9 rings (SSSR count). The van der Waals surface area contributed by atoms with Crippen molar-refractivity contribution in [2.24, 2.45) is 11.8 Å². The first-order chi connectivity index (χ1) is 34.9. The molecule has 2 N–H and O–H groups in total. The first kappa shape index (κ1) is 54.5. The van der Waals surface area contributed by atoms with Crippen LogP contribution in [0.3, 0.4) is 0 Å². The zero-order valence-electron chi connectivity index (χ0n) is 40.1. The number of carboxylic acid groups (broad SMARTS) is 2. The van der Waals surface area contributed by atoms with Gasteiger partial charge in [0.05, 0.1) is 0 Å². The van der Waals surface area contributed by atoms with Gasteiger partial charge in [0.2, 0.25) is 0 Å². The quantitative estimate of drug-likeness (QED) is 0.100. The molecule has 2 unspecified atom stereocenters. The van der Waals surface area contributed by atoms with Crippen molar-refractivity contribution in [1.29, 1.82) is 0 Å². The summed E-state index contributed by atoms with van der Waals surface area (Å²) in [6.07, 6.45) is 0. The van der Waals surface area contributed by atoms with Crippen LogP contribution in [-0.4, -0.2) is 70.4 Å². The molecule has 0 aliphatic heterocycles. The van der Waals surface area contributed by atoms with Crippen LogP contribution >= 0.6 is 34.8 Å². The number of hydrogen-bond acceptors (Lipinski definition) is 2. The van der Waals surface area contributed by atoms with Crippen LogP contribution in [-0.2, 0) is 9.59 Å². The van der Waals surface area contributed by atoms with Crippen molar-refractivity contribution in [2.45, 2.75) is 24.4 Å². The first-order valence-corrected chi connectivity index (χ1v) is 39.4. The van der Waals surface area contributed by atoms with Gasteiger partial charge in [-0.3, -0.25) is 0 Å². The van der Waals surface area contributed by atoms with Crippen LogP contribution in [0.15, 0.2) is 255 Å². The molecule has 0 bridgehead atoms. The Balaban J connectivity index is 0.000000159. The van der Waals surface area contributed by atoms with E-state index in [1.54, 1.807) is 0 Å². The molecule has 9 aromatic rings. The zero-order valence-corrected chi connectivity index (χ0v) is 50.1. The van der Waals surface area contributed by atoms with E-state index in [1.165, 1.54) is 36.2 Å². The number of hydrogen-bond donors (Lipinski definition) is 2. The van der Waals surface area contributed by atoms with Gasteiger partial charge in [0.1, 0.15) is 0 Å². The molecule has 0 saturated carbocycles. The molecule has 0 fully saturated rings. The maximum atomic E-state index is 11.7. The molecule has 10 heteroatoms. The van der Waals surface area contributed by atoms with Crippen molar-refractivity contribution in [3.8, 4) is 0 Å². The second-order valence-electron chi connectivity index (χ2n) is 17.7. The summed E-state index contributed by atoms with van der Waals surface area (Å²) in [5.41, 5.74) is 0. The van der Waals surface area contributed by atoms with Crippen LogP contribution in [0.25, 0.3) is 0 Å². The van der Waals surface area contributed by atoms with E-state index >= 15 is 0 Å². The average Bonchev–Trinajstić information content (AvgIpc) is 3.43. The van der Waals surface area contributed by atoms with E-state index in [9.17, 15) is 19.8 Å². The van der Waals surface area contributed by atoms with E-state index in [2.05, 4.69) is 182 Å². The van der Waals surface area contributed by atoms with Crippen LogP contribution < -0.4 is 36.2 Å². The molecule has 0 spiro atoms. The molecule has 72 heavy (non-hydrogen) atoms. The van der Waals surface area contributed by atoms with Gasteiger partial charge in [-0.2, -0.15) is 0 Å². The molecule has 0 aromatic heterocycles. The first-order valence-electron chi connectivity index (χ1n) is 23.8. The molecule has 0 aliphatic rings. The van der Waals surface area contributed by atoms with Gasteiger partial charge in [0.15, 0.2) is 0 Å². The summed E-state index contributed by atoms with van der Waals surface area (Å²) in [4.78, 5) is 23.4. The van der Waals surface area contributed by atoms with Gasteiger partial charge in [0, 0.05) is 0 Å². The fraction of sp³-hybridized carbons (Fsp3) is 0.0968. The van der Waals surface area contributed by atoms with Crippen molar-refractivity contribution < 1.29 is 19.8 Å². The van der Waals surface area contributed by atoms with Crippen LogP contribution in [0.2, 0.25) is 25.6 Å². The van der Waals surface area contributed by atoms with Crippen LogP contribution in [0.5, 0.6) is 0 Å². The number of rotatable bonds is 15. The normalized spacial score (nSPS) is 12.0. The third-order valence-electron chi connectivity index (χ3n) is 12.9. The maximum absolute atomic E-state index is 11.7. The SMILES string of the molecule is CC([CH2][Ge]([c]1ccccc1)([c]1ccccc1)[c]1ccccc1)C(=O)O.CC([CH2][Ge]([c]1ccccc1)([c]1ccccc1)[c]1ccccc1)C(=O)O.Clc1cc[c]([Bi]([c]2ccc(Cl)cc2)[c]2ccc(Cl)cc2)cc1. The summed E-state index contributed by atoms with van der Waals surface area (Å²) < 4.78 is 11.9. The number of benzene rings is 9. The fourth-order valence-electron chi connectivity index (χ4n) is 9.35. The second-order valence-corrected chi connectivity index (χ2v) is 44.2. The molecule has 0 amide bonds. The average molecular weight is 1330 g/mol. The molecular formula is C62H56BiCl3Ge2O4. The molecule has 4 nitrogen and oxygen atoms in total. The zero-order chi connectivity index (χ0) is 50.9. The second kappa shape index (κ2) is 26.6. The summed E-state index contributed by atoms with van der Waals surface area (Å²) in [6, 6.07) is 87.6. The fourth-order valence-corrected chi connectivity index (χ4v) is 39.8. The number of halogens is 3. The van der Waals surface area contributed by atoms with Gasteiger partial charge in [-0.15, -0.1) is 0 Å². The summed E-state index contributed by atoms with van der Waals surface area (Å²) >= 11 is 9.58. The van der Waals surface area contributed by atoms with E-state index in [4.69, 9.17) is 34.8 Å². The van der Waals surface area contributed by atoms with Gasteiger partial charge in [-0.25, -0.2) is 0 Å². The molecule has 0 aliphatic carbocycles. The van der Waals surface area contributed by atoms with Crippen LogP contribution in [0.1, 0.15) is 13.8 Å². The third-order valence-corrected chi connectivity index (χ3v) is 44.9. The molecule has 2 atom stereocenters. The van der Waals surface area contributed by atoms with Crippen molar-refractivity contribution in [3.05, 3.63) is 270 Å². The van der Waals surface area contributed by atoms with Gasteiger partial charge in [-0.05, 0) is 0 Å². The topological polar surface area (TPSA) is 74.6 Å². The molecule has 0 radical (unpaired) electrons. The Bertz CT molecular complexity index is 2620. The Kier molecular flexibility index (Phi) is 20.2. The van der Waals surface area contributed by atoms with Crippen molar-refractivity contribution in [2.75, 3.05) is 0 Å². The molecule has 0 saturated heterocycles. The van der Waals surface area contributed by atoms with Gasteiger partial charge in [-0.1, -0.05) is 0 Å². The monoisotopic (exact) mass is 1330 g/mol. The minimum atomic E-state index is -3.11. The summed E-state index contributed by atoms with van der Waals surface area (Å²) in [6.45, 7) is 3.66. The van der Waals surface area contributed by atoms with Gasteiger partial charge >= 0.3 is 457 Å². The van der Waals surface area contributed by atoms with E-state index < -0.39 is 60.2 Å². The van der Waals surface area contributed by atoms with Crippen LogP contribution in [0.4, 0.5) is 0 Å².